The molecule has 1 rings (SSSR count). The van der Waals surface area contributed by atoms with E-state index in [1.54, 1.807) is 6.20 Å². The third-order valence-corrected chi connectivity index (χ3v) is 3.44. The van der Waals surface area contributed by atoms with Crippen LogP contribution in [-0.4, -0.2) is 22.4 Å². The molecule has 0 aromatic carbocycles. The van der Waals surface area contributed by atoms with Gasteiger partial charge < -0.3 is 5.32 Å². The molecule has 1 aromatic heterocycles. The van der Waals surface area contributed by atoms with Crippen LogP contribution in [0.1, 0.15) is 45.7 Å². The Balaban J connectivity index is 2.41. The summed E-state index contributed by atoms with van der Waals surface area (Å²) in [5.74, 6) is 0.154. The molecule has 0 bridgehead atoms. The molecule has 0 saturated carbocycles. The van der Waals surface area contributed by atoms with E-state index in [0.29, 0.717) is 6.54 Å². The molecule has 0 fully saturated rings. The second kappa shape index (κ2) is 7.09. The molecule has 1 heterocycles. The Bertz CT molecular complexity index is 367. The summed E-state index contributed by atoms with van der Waals surface area (Å²) in [5.41, 5.74) is 0.722. The van der Waals surface area contributed by atoms with Crippen molar-refractivity contribution in [1.82, 2.24) is 15.3 Å². The van der Waals surface area contributed by atoms with Crippen molar-refractivity contribution in [3.63, 3.8) is 0 Å². The Morgan fingerprint density at radius 1 is 1.44 bits per heavy atom. The predicted octanol–water partition coefficient (Wildman–Crippen LogP) is 2.35. The van der Waals surface area contributed by atoms with Crippen molar-refractivity contribution in [3.05, 3.63) is 24.3 Å². The minimum absolute atomic E-state index is 0.154. The highest BCUT2D eigenvalue weighted by atomic mass is 16.2. The zero-order valence-electron chi connectivity index (χ0n) is 11.6. The summed E-state index contributed by atoms with van der Waals surface area (Å²) >= 11 is 0. The fourth-order valence-corrected chi connectivity index (χ4v) is 1.99. The van der Waals surface area contributed by atoms with Crippen LogP contribution in [0.2, 0.25) is 0 Å². The molecule has 1 amide bonds. The fraction of sp³-hybridized carbons (Fsp3) is 0.643. The largest absolute Gasteiger partial charge is 0.355 e. The average Bonchev–Trinajstić information content (AvgIpc) is 2.40. The van der Waals surface area contributed by atoms with Crippen LogP contribution in [0.5, 0.6) is 0 Å². The molecule has 4 nitrogen and oxygen atoms in total. The van der Waals surface area contributed by atoms with Gasteiger partial charge in [-0.2, -0.15) is 0 Å². The van der Waals surface area contributed by atoms with Crippen molar-refractivity contribution >= 4 is 5.91 Å². The van der Waals surface area contributed by atoms with E-state index in [9.17, 15) is 4.79 Å². The van der Waals surface area contributed by atoms with E-state index in [2.05, 4.69) is 29.1 Å². The van der Waals surface area contributed by atoms with E-state index in [0.717, 1.165) is 31.4 Å². The molecule has 0 aliphatic rings. The first kappa shape index (κ1) is 14.6. The molecule has 1 atom stereocenters. The number of carbonyl (C=O) groups is 1. The summed E-state index contributed by atoms with van der Waals surface area (Å²) in [6, 6.07) is 1.87. The van der Waals surface area contributed by atoms with E-state index >= 15 is 0 Å². The average molecular weight is 249 g/mol. The minimum atomic E-state index is -0.236. The highest BCUT2D eigenvalue weighted by molar-refractivity contribution is 5.82. The zero-order valence-corrected chi connectivity index (χ0v) is 11.6. The van der Waals surface area contributed by atoms with Gasteiger partial charge in [-0.05, 0) is 18.9 Å². The molecule has 0 aliphatic heterocycles. The van der Waals surface area contributed by atoms with Gasteiger partial charge in [0.1, 0.15) is 6.33 Å². The van der Waals surface area contributed by atoms with Crippen molar-refractivity contribution in [2.45, 2.75) is 46.5 Å². The molecule has 1 N–H and O–H groups in total. The molecule has 18 heavy (non-hydrogen) atoms. The quantitative estimate of drug-likeness (QED) is 0.807. The summed E-state index contributed by atoms with van der Waals surface area (Å²) in [5, 5.41) is 3.01. The van der Waals surface area contributed by atoms with Crippen LogP contribution in [-0.2, 0) is 11.2 Å². The summed E-state index contributed by atoms with van der Waals surface area (Å²) in [4.78, 5) is 20.1. The van der Waals surface area contributed by atoms with Gasteiger partial charge in [-0.25, -0.2) is 9.97 Å². The number of amides is 1. The lowest BCUT2D eigenvalue weighted by atomic mass is 9.82. The highest BCUT2D eigenvalue weighted by Gasteiger charge is 2.29. The molecule has 0 saturated heterocycles. The van der Waals surface area contributed by atoms with Gasteiger partial charge in [0.2, 0.25) is 5.91 Å². The van der Waals surface area contributed by atoms with Gasteiger partial charge >= 0.3 is 0 Å². The van der Waals surface area contributed by atoms with E-state index in [4.69, 9.17) is 0 Å². The fourth-order valence-electron chi connectivity index (χ4n) is 1.99. The number of nitrogens with one attached hydrogen (secondary N) is 1. The monoisotopic (exact) mass is 249 g/mol. The minimum Gasteiger partial charge on any atom is -0.355 e. The highest BCUT2D eigenvalue weighted by Crippen LogP contribution is 2.27. The van der Waals surface area contributed by atoms with Gasteiger partial charge in [-0.15, -0.1) is 0 Å². The van der Waals surface area contributed by atoms with Crippen LogP contribution in [0, 0.1) is 5.41 Å². The van der Waals surface area contributed by atoms with E-state index in [1.165, 1.54) is 6.33 Å². The van der Waals surface area contributed by atoms with Gasteiger partial charge in [0.25, 0.3) is 0 Å². The Morgan fingerprint density at radius 2 is 2.22 bits per heavy atom. The maximum Gasteiger partial charge on any atom is 0.225 e. The Kier molecular flexibility index (Phi) is 5.75. The lowest BCUT2D eigenvalue weighted by Gasteiger charge is -2.26. The topological polar surface area (TPSA) is 54.9 Å². The lowest BCUT2D eigenvalue weighted by molar-refractivity contribution is -0.130. The Hall–Kier alpha value is -1.45. The molecule has 0 aliphatic carbocycles. The number of hydrogen-bond acceptors (Lipinski definition) is 3. The molecule has 0 radical (unpaired) electrons. The normalized spacial score (nSPS) is 13.9. The molecular formula is C14H23N3O. The molecule has 1 unspecified atom stereocenters. The van der Waals surface area contributed by atoms with Gasteiger partial charge in [-0.1, -0.05) is 27.2 Å². The summed E-state index contributed by atoms with van der Waals surface area (Å²) < 4.78 is 0. The predicted molar refractivity (Wildman–Crippen MR) is 72.1 cm³/mol. The lowest BCUT2D eigenvalue weighted by Crippen LogP contribution is -2.39. The van der Waals surface area contributed by atoms with Gasteiger partial charge in [-0.3, -0.25) is 4.79 Å². The van der Waals surface area contributed by atoms with Gasteiger partial charge in [0.15, 0.2) is 0 Å². The van der Waals surface area contributed by atoms with Crippen LogP contribution in [0.3, 0.4) is 0 Å². The first-order valence-corrected chi connectivity index (χ1v) is 6.65. The van der Waals surface area contributed by atoms with E-state index < -0.39 is 0 Å². The summed E-state index contributed by atoms with van der Waals surface area (Å²) in [6.07, 6.45) is 6.84. The third-order valence-electron chi connectivity index (χ3n) is 3.44. The maximum atomic E-state index is 12.1. The molecular weight excluding hydrogens is 226 g/mol. The number of nitrogens with zero attached hydrogens (tertiary/aromatic N) is 2. The molecule has 4 heteroatoms. The smallest absolute Gasteiger partial charge is 0.225 e. The first-order chi connectivity index (χ1) is 8.62. The third kappa shape index (κ3) is 4.09. The Morgan fingerprint density at radius 3 is 2.78 bits per heavy atom. The second-order valence-corrected chi connectivity index (χ2v) is 4.87. The summed E-state index contributed by atoms with van der Waals surface area (Å²) in [6.45, 7) is 6.85. The summed E-state index contributed by atoms with van der Waals surface area (Å²) in [7, 11) is 0. The molecule has 0 spiro atoms. The first-order valence-electron chi connectivity index (χ1n) is 6.65. The SMILES string of the molecule is CCCC(C)(CC)C(=O)NCCc1ccncn1. The van der Waals surface area contributed by atoms with Crippen LogP contribution in [0.25, 0.3) is 0 Å². The number of rotatable bonds is 7. The number of carbonyl (C=O) groups excluding carboxylic acids is 1. The number of hydrogen-bond donors (Lipinski definition) is 1. The van der Waals surface area contributed by atoms with E-state index in [1.807, 2.05) is 13.0 Å². The standard InChI is InChI=1S/C14H23N3O/c1-4-8-14(3,5-2)13(18)16-10-7-12-6-9-15-11-17-12/h6,9,11H,4-5,7-8,10H2,1-3H3,(H,16,18). The van der Waals surface area contributed by atoms with Crippen molar-refractivity contribution in [2.24, 2.45) is 5.41 Å². The van der Waals surface area contributed by atoms with Crippen LogP contribution >= 0.6 is 0 Å². The van der Waals surface area contributed by atoms with Crippen molar-refractivity contribution in [1.29, 1.82) is 0 Å². The maximum absolute atomic E-state index is 12.1. The van der Waals surface area contributed by atoms with Crippen molar-refractivity contribution < 1.29 is 4.79 Å². The zero-order chi connectivity index (χ0) is 13.4. The van der Waals surface area contributed by atoms with Crippen molar-refractivity contribution in [2.75, 3.05) is 6.54 Å². The number of aromatic nitrogens is 2. The van der Waals surface area contributed by atoms with Crippen LogP contribution in [0.4, 0.5) is 0 Å². The van der Waals surface area contributed by atoms with E-state index in [-0.39, 0.29) is 11.3 Å². The van der Waals surface area contributed by atoms with Gasteiger partial charge in [0, 0.05) is 30.3 Å². The second-order valence-electron chi connectivity index (χ2n) is 4.87. The Labute approximate surface area is 109 Å². The van der Waals surface area contributed by atoms with Crippen LogP contribution < -0.4 is 5.32 Å². The van der Waals surface area contributed by atoms with Gasteiger partial charge in [0.05, 0.1) is 0 Å². The molecule has 1 aromatic rings. The molecule has 100 valence electrons. The van der Waals surface area contributed by atoms with Crippen molar-refractivity contribution in [3.8, 4) is 0 Å². The van der Waals surface area contributed by atoms with Crippen LogP contribution in [0.15, 0.2) is 18.6 Å².